The molecule has 1 aromatic carbocycles. The first-order valence-electron chi connectivity index (χ1n) is 5.22. The molecule has 0 aliphatic carbocycles. The minimum Gasteiger partial charge on any atom is -0.481 e. The summed E-state index contributed by atoms with van der Waals surface area (Å²) in [7, 11) is 1.47. The molecule has 2 N–H and O–H groups in total. The maximum atomic E-state index is 11.7. The first kappa shape index (κ1) is 13.2. The van der Waals surface area contributed by atoms with E-state index in [9.17, 15) is 14.7 Å². The third kappa shape index (κ3) is 3.88. The third-order valence-electron chi connectivity index (χ3n) is 2.39. The van der Waals surface area contributed by atoms with Crippen LogP contribution in [0.25, 0.3) is 0 Å². The first-order valence-corrected chi connectivity index (χ1v) is 5.22. The standard InChI is InChI=1S/C12H15NO4/c1-13(8-7-10(14)15)12(17)11(16)9-5-3-2-4-6-9/h2-6,11,16H,7-8H2,1H3,(H,14,15). The number of carboxylic acids is 1. The number of benzene rings is 1. The average Bonchev–Trinajstić information content (AvgIpc) is 2.35. The van der Waals surface area contributed by atoms with E-state index in [1.807, 2.05) is 0 Å². The first-order chi connectivity index (χ1) is 8.02. The second-order valence-corrected chi connectivity index (χ2v) is 3.72. The van der Waals surface area contributed by atoms with Gasteiger partial charge in [-0.25, -0.2) is 0 Å². The Bertz CT molecular complexity index is 391. The highest BCUT2D eigenvalue weighted by Gasteiger charge is 2.21. The molecule has 0 bridgehead atoms. The van der Waals surface area contributed by atoms with E-state index < -0.39 is 18.0 Å². The van der Waals surface area contributed by atoms with E-state index in [2.05, 4.69) is 0 Å². The average molecular weight is 237 g/mol. The molecule has 92 valence electrons. The van der Waals surface area contributed by atoms with Gasteiger partial charge in [0.1, 0.15) is 0 Å². The van der Waals surface area contributed by atoms with Crippen LogP contribution < -0.4 is 0 Å². The van der Waals surface area contributed by atoms with E-state index in [-0.39, 0.29) is 13.0 Å². The van der Waals surface area contributed by atoms with Crippen molar-refractivity contribution in [1.82, 2.24) is 4.90 Å². The highest BCUT2D eigenvalue weighted by atomic mass is 16.4. The molecule has 0 aliphatic heterocycles. The summed E-state index contributed by atoms with van der Waals surface area (Å²) in [5, 5.41) is 18.3. The van der Waals surface area contributed by atoms with Crippen LogP contribution in [-0.4, -0.2) is 40.6 Å². The Kier molecular flexibility index (Phi) is 4.66. The van der Waals surface area contributed by atoms with Crippen LogP contribution in [0, 0.1) is 0 Å². The van der Waals surface area contributed by atoms with E-state index in [0.717, 1.165) is 0 Å². The summed E-state index contributed by atoms with van der Waals surface area (Å²) in [5.74, 6) is -1.48. The Labute approximate surface area is 99.3 Å². The van der Waals surface area contributed by atoms with Crippen LogP contribution >= 0.6 is 0 Å². The molecule has 0 saturated heterocycles. The van der Waals surface area contributed by atoms with Crippen LogP contribution in [0.5, 0.6) is 0 Å². The lowest BCUT2D eigenvalue weighted by molar-refractivity contribution is -0.141. The van der Waals surface area contributed by atoms with Crippen molar-refractivity contribution in [3.63, 3.8) is 0 Å². The van der Waals surface area contributed by atoms with E-state index in [1.54, 1.807) is 30.3 Å². The summed E-state index contributed by atoms with van der Waals surface area (Å²) in [6.07, 6.45) is -1.38. The Balaban J connectivity index is 2.60. The maximum Gasteiger partial charge on any atom is 0.305 e. The molecule has 1 aromatic rings. The van der Waals surface area contributed by atoms with Crippen molar-refractivity contribution in [2.75, 3.05) is 13.6 Å². The number of rotatable bonds is 5. The molecule has 1 rings (SSSR count). The molecule has 0 spiro atoms. The molecule has 0 aromatic heterocycles. The van der Waals surface area contributed by atoms with E-state index in [1.165, 1.54) is 11.9 Å². The molecule has 1 atom stereocenters. The molecule has 17 heavy (non-hydrogen) atoms. The van der Waals surface area contributed by atoms with Crippen molar-refractivity contribution >= 4 is 11.9 Å². The Hall–Kier alpha value is -1.88. The molecule has 0 aliphatic rings. The van der Waals surface area contributed by atoms with Crippen molar-refractivity contribution in [3.05, 3.63) is 35.9 Å². The zero-order valence-electron chi connectivity index (χ0n) is 9.54. The van der Waals surface area contributed by atoms with Gasteiger partial charge in [-0.15, -0.1) is 0 Å². The van der Waals surface area contributed by atoms with E-state index in [4.69, 9.17) is 5.11 Å². The smallest absolute Gasteiger partial charge is 0.305 e. The predicted molar refractivity (Wildman–Crippen MR) is 61.3 cm³/mol. The van der Waals surface area contributed by atoms with Gasteiger partial charge in [-0.3, -0.25) is 9.59 Å². The number of aliphatic hydroxyl groups excluding tert-OH is 1. The normalized spacial score (nSPS) is 11.9. The highest BCUT2D eigenvalue weighted by Crippen LogP contribution is 2.14. The van der Waals surface area contributed by atoms with Crippen molar-refractivity contribution in [2.24, 2.45) is 0 Å². The molecule has 0 fully saturated rings. The molecule has 1 unspecified atom stereocenters. The molecule has 0 heterocycles. The lowest BCUT2D eigenvalue weighted by Crippen LogP contribution is -2.33. The molecular formula is C12H15NO4. The largest absolute Gasteiger partial charge is 0.481 e. The number of hydrogen-bond acceptors (Lipinski definition) is 3. The SMILES string of the molecule is CN(CCC(=O)O)C(=O)C(O)c1ccccc1. The number of nitrogens with zero attached hydrogens (tertiary/aromatic N) is 1. The van der Waals surface area contributed by atoms with Crippen LogP contribution in [0.15, 0.2) is 30.3 Å². The number of likely N-dealkylation sites (N-methyl/N-ethyl adjacent to an activating group) is 1. The van der Waals surface area contributed by atoms with Gasteiger partial charge in [0.15, 0.2) is 6.10 Å². The summed E-state index contributed by atoms with van der Waals surface area (Å²) in [6.45, 7) is 0.0814. The number of carbonyl (C=O) groups is 2. The van der Waals surface area contributed by atoms with Gasteiger partial charge in [-0.05, 0) is 5.56 Å². The van der Waals surface area contributed by atoms with Gasteiger partial charge in [0.05, 0.1) is 6.42 Å². The molecule has 0 saturated carbocycles. The van der Waals surface area contributed by atoms with Crippen molar-refractivity contribution in [3.8, 4) is 0 Å². The number of carboxylic acid groups (broad SMARTS) is 1. The van der Waals surface area contributed by atoms with Crippen LogP contribution in [0.4, 0.5) is 0 Å². The van der Waals surface area contributed by atoms with Gasteiger partial charge in [0.25, 0.3) is 5.91 Å². The van der Waals surface area contributed by atoms with Crippen molar-refractivity contribution in [2.45, 2.75) is 12.5 Å². The summed E-state index contributed by atoms with van der Waals surface area (Å²) >= 11 is 0. The predicted octanol–water partition coefficient (Wildman–Crippen LogP) is 0.653. The second-order valence-electron chi connectivity index (χ2n) is 3.72. The highest BCUT2D eigenvalue weighted by molar-refractivity contribution is 5.82. The Morgan fingerprint density at radius 2 is 1.88 bits per heavy atom. The minimum atomic E-state index is -1.24. The van der Waals surface area contributed by atoms with Gasteiger partial charge in [0.2, 0.25) is 0 Å². The lowest BCUT2D eigenvalue weighted by atomic mass is 10.1. The molecule has 5 heteroatoms. The molecule has 0 radical (unpaired) electrons. The zero-order valence-corrected chi connectivity index (χ0v) is 9.54. The number of aliphatic carboxylic acids is 1. The number of aliphatic hydroxyl groups is 1. The quantitative estimate of drug-likeness (QED) is 0.788. The van der Waals surface area contributed by atoms with Crippen LogP contribution in [0.2, 0.25) is 0 Å². The van der Waals surface area contributed by atoms with Gasteiger partial charge < -0.3 is 15.1 Å². The fourth-order valence-electron chi connectivity index (χ4n) is 1.36. The summed E-state index contributed by atoms with van der Waals surface area (Å²) < 4.78 is 0. The fourth-order valence-corrected chi connectivity index (χ4v) is 1.36. The summed E-state index contributed by atoms with van der Waals surface area (Å²) in [5.41, 5.74) is 0.500. The molecular weight excluding hydrogens is 222 g/mol. The molecule has 5 nitrogen and oxygen atoms in total. The van der Waals surface area contributed by atoms with Crippen molar-refractivity contribution < 1.29 is 19.8 Å². The number of carbonyl (C=O) groups excluding carboxylic acids is 1. The van der Waals surface area contributed by atoms with Crippen LogP contribution in [0.1, 0.15) is 18.1 Å². The monoisotopic (exact) mass is 237 g/mol. The Morgan fingerprint density at radius 1 is 1.29 bits per heavy atom. The fraction of sp³-hybridized carbons (Fsp3) is 0.333. The van der Waals surface area contributed by atoms with Crippen molar-refractivity contribution in [1.29, 1.82) is 0 Å². The topological polar surface area (TPSA) is 77.8 Å². The van der Waals surface area contributed by atoms with Gasteiger partial charge >= 0.3 is 5.97 Å². The zero-order chi connectivity index (χ0) is 12.8. The van der Waals surface area contributed by atoms with Gasteiger partial charge in [-0.1, -0.05) is 30.3 Å². The number of hydrogen-bond donors (Lipinski definition) is 2. The Morgan fingerprint density at radius 3 is 2.41 bits per heavy atom. The summed E-state index contributed by atoms with van der Waals surface area (Å²) in [4.78, 5) is 23.3. The minimum absolute atomic E-state index is 0.0814. The molecule has 1 amide bonds. The van der Waals surface area contributed by atoms with E-state index >= 15 is 0 Å². The maximum absolute atomic E-state index is 11.7. The van der Waals surface area contributed by atoms with Crippen LogP contribution in [-0.2, 0) is 9.59 Å². The second kappa shape index (κ2) is 6.00. The summed E-state index contributed by atoms with van der Waals surface area (Å²) in [6, 6.07) is 8.53. The number of amides is 1. The lowest BCUT2D eigenvalue weighted by Gasteiger charge is -2.20. The van der Waals surface area contributed by atoms with E-state index in [0.29, 0.717) is 5.56 Å². The van der Waals surface area contributed by atoms with Gasteiger partial charge in [0, 0.05) is 13.6 Å². The van der Waals surface area contributed by atoms with Crippen LogP contribution in [0.3, 0.4) is 0 Å². The third-order valence-corrected chi connectivity index (χ3v) is 2.39. The van der Waals surface area contributed by atoms with Gasteiger partial charge in [-0.2, -0.15) is 0 Å².